The molecular formula is C19H20FN3OS. The number of benzene rings is 2. The van der Waals surface area contributed by atoms with Gasteiger partial charge in [-0.25, -0.2) is 9.37 Å². The van der Waals surface area contributed by atoms with Gasteiger partial charge in [0.25, 0.3) is 0 Å². The number of fused-ring (bicyclic) bond motifs is 1. The number of carbonyl (C=O) groups is 1. The number of hydrogen-bond acceptors (Lipinski definition) is 3. The third-order valence-corrected chi connectivity index (χ3v) is 5.08. The summed E-state index contributed by atoms with van der Waals surface area (Å²) in [4.78, 5) is 18.8. The number of halogens is 1. The average molecular weight is 357 g/mol. The fourth-order valence-corrected chi connectivity index (χ4v) is 3.59. The molecule has 4 nitrogen and oxygen atoms in total. The Morgan fingerprint density at radius 2 is 2.04 bits per heavy atom. The summed E-state index contributed by atoms with van der Waals surface area (Å²) in [7, 11) is 1.95. The number of amides is 1. The van der Waals surface area contributed by atoms with Crippen LogP contribution < -0.4 is 0 Å². The fraction of sp³-hybridized carbons (Fsp3) is 0.263. The lowest BCUT2D eigenvalue weighted by atomic mass is 10.2. The Labute approximate surface area is 150 Å². The molecule has 1 aromatic heterocycles. The number of imidazole rings is 1. The summed E-state index contributed by atoms with van der Waals surface area (Å²) in [5.74, 6) is 0.0410. The zero-order chi connectivity index (χ0) is 17.8. The lowest BCUT2D eigenvalue weighted by Gasteiger charge is -2.20. The van der Waals surface area contributed by atoms with Crippen molar-refractivity contribution in [1.29, 1.82) is 0 Å². The molecule has 3 aromatic rings. The Hall–Kier alpha value is -2.34. The monoisotopic (exact) mass is 357 g/mol. The number of thioether (sulfide) groups is 1. The summed E-state index contributed by atoms with van der Waals surface area (Å²) >= 11 is 1.42. The standard InChI is InChI=1S/C19H20FN3OS/c1-3-23(12-14-7-6-8-15(20)11-14)18(24)13-25-19-21-16-9-4-5-10-17(16)22(19)2/h4-11H,3,12-13H2,1-2H3. The molecule has 25 heavy (non-hydrogen) atoms. The lowest BCUT2D eigenvalue weighted by molar-refractivity contribution is -0.128. The van der Waals surface area contributed by atoms with E-state index in [0.717, 1.165) is 21.8 Å². The van der Waals surface area contributed by atoms with Crippen molar-refractivity contribution in [3.63, 3.8) is 0 Å². The van der Waals surface area contributed by atoms with E-state index in [-0.39, 0.29) is 11.7 Å². The van der Waals surface area contributed by atoms with Gasteiger partial charge in [-0.3, -0.25) is 4.79 Å². The summed E-state index contributed by atoms with van der Waals surface area (Å²) in [6.07, 6.45) is 0. The minimum absolute atomic E-state index is 0.0174. The molecule has 6 heteroatoms. The Morgan fingerprint density at radius 1 is 1.24 bits per heavy atom. The lowest BCUT2D eigenvalue weighted by Crippen LogP contribution is -2.31. The molecule has 0 N–H and O–H groups in total. The molecule has 3 rings (SSSR count). The Bertz CT molecular complexity index is 893. The Kier molecular flexibility index (Phi) is 5.38. The van der Waals surface area contributed by atoms with Crippen molar-refractivity contribution in [2.45, 2.75) is 18.6 Å². The highest BCUT2D eigenvalue weighted by molar-refractivity contribution is 7.99. The van der Waals surface area contributed by atoms with Gasteiger partial charge in [-0.05, 0) is 36.8 Å². The molecular weight excluding hydrogens is 337 g/mol. The van der Waals surface area contributed by atoms with Gasteiger partial charge in [0.05, 0.1) is 16.8 Å². The van der Waals surface area contributed by atoms with E-state index in [1.807, 2.05) is 48.9 Å². The first-order chi connectivity index (χ1) is 12.1. The van der Waals surface area contributed by atoms with Gasteiger partial charge in [0.2, 0.25) is 5.91 Å². The number of hydrogen-bond donors (Lipinski definition) is 0. The molecule has 2 aromatic carbocycles. The van der Waals surface area contributed by atoms with Crippen LogP contribution in [0.1, 0.15) is 12.5 Å². The molecule has 0 radical (unpaired) electrons. The first-order valence-corrected chi connectivity index (χ1v) is 9.13. The van der Waals surface area contributed by atoms with Gasteiger partial charge in [-0.1, -0.05) is 36.0 Å². The van der Waals surface area contributed by atoms with E-state index in [9.17, 15) is 9.18 Å². The molecule has 0 unspecified atom stereocenters. The average Bonchev–Trinajstić information content (AvgIpc) is 2.94. The van der Waals surface area contributed by atoms with Crippen LogP contribution in [0.4, 0.5) is 4.39 Å². The van der Waals surface area contributed by atoms with Gasteiger partial charge >= 0.3 is 0 Å². The van der Waals surface area contributed by atoms with Crippen molar-refractivity contribution >= 4 is 28.7 Å². The van der Waals surface area contributed by atoms with Crippen molar-refractivity contribution in [1.82, 2.24) is 14.5 Å². The smallest absolute Gasteiger partial charge is 0.233 e. The van der Waals surface area contributed by atoms with Crippen molar-refractivity contribution in [2.24, 2.45) is 7.05 Å². The first-order valence-electron chi connectivity index (χ1n) is 8.15. The van der Waals surface area contributed by atoms with Crippen LogP contribution in [0.3, 0.4) is 0 Å². The second kappa shape index (κ2) is 7.70. The molecule has 130 valence electrons. The maximum Gasteiger partial charge on any atom is 0.233 e. The van der Waals surface area contributed by atoms with Crippen LogP contribution in [0.5, 0.6) is 0 Å². The van der Waals surface area contributed by atoms with Gasteiger partial charge in [0.1, 0.15) is 5.82 Å². The molecule has 0 saturated heterocycles. The van der Waals surface area contributed by atoms with E-state index in [1.165, 1.54) is 23.9 Å². The predicted octanol–water partition coefficient (Wildman–Crippen LogP) is 3.85. The molecule has 1 amide bonds. The van der Waals surface area contributed by atoms with E-state index >= 15 is 0 Å². The van der Waals surface area contributed by atoms with E-state index in [2.05, 4.69) is 4.98 Å². The van der Waals surface area contributed by atoms with Crippen LogP contribution in [-0.2, 0) is 18.4 Å². The van der Waals surface area contributed by atoms with Crippen LogP contribution in [-0.4, -0.2) is 32.7 Å². The SMILES string of the molecule is CCN(Cc1cccc(F)c1)C(=O)CSc1nc2ccccc2n1C. The van der Waals surface area contributed by atoms with E-state index in [0.29, 0.717) is 18.8 Å². The van der Waals surface area contributed by atoms with E-state index in [4.69, 9.17) is 0 Å². The normalized spacial score (nSPS) is 11.0. The van der Waals surface area contributed by atoms with E-state index in [1.54, 1.807) is 11.0 Å². The van der Waals surface area contributed by atoms with Gasteiger partial charge in [0, 0.05) is 20.1 Å². The van der Waals surface area contributed by atoms with Crippen molar-refractivity contribution in [3.05, 3.63) is 59.9 Å². The Morgan fingerprint density at radius 3 is 2.76 bits per heavy atom. The minimum Gasteiger partial charge on any atom is -0.338 e. The topological polar surface area (TPSA) is 38.1 Å². The molecule has 0 aliphatic rings. The van der Waals surface area contributed by atoms with Crippen LogP contribution in [0.2, 0.25) is 0 Å². The van der Waals surface area contributed by atoms with Gasteiger partial charge < -0.3 is 9.47 Å². The summed E-state index contributed by atoms with van der Waals surface area (Å²) < 4.78 is 15.3. The minimum atomic E-state index is -0.282. The van der Waals surface area contributed by atoms with Crippen molar-refractivity contribution in [3.8, 4) is 0 Å². The number of rotatable bonds is 6. The highest BCUT2D eigenvalue weighted by atomic mass is 32.2. The van der Waals surface area contributed by atoms with E-state index < -0.39 is 0 Å². The molecule has 0 bridgehead atoms. The first kappa shape index (κ1) is 17.5. The molecule has 0 fully saturated rings. The molecule has 1 heterocycles. The Balaban J connectivity index is 1.66. The molecule has 0 aliphatic heterocycles. The number of aromatic nitrogens is 2. The third kappa shape index (κ3) is 4.02. The number of para-hydroxylation sites is 2. The fourth-order valence-electron chi connectivity index (χ4n) is 2.70. The summed E-state index contributed by atoms with van der Waals surface area (Å²) in [5, 5.41) is 0.816. The van der Waals surface area contributed by atoms with Gasteiger partial charge in [0.15, 0.2) is 5.16 Å². The quantitative estimate of drug-likeness (QED) is 0.629. The second-order valence-electron chi connectivity index (χ2n) is 5.77. The van der Waals surface area contributed by atoms with Crippen LogP contribution in [0.25, 0.3) is 11.0 Å². The number of carbonyl (C=O) groups excluding carboxylic acids is 1. The maximum absolute atomic E-state index is 13.3. The third-order valence-electron chi connectivity index (χ3n) is 4.07. The molecule has 0 atom stereocenters. The highest BCUT2D eigenvalue weighted by Crippen LogP contribution is 2.23. The second-order valence-corrected chi connectivity index (χ2v) is 6.71. The maximum atomic E-state index is 13.3. The van der Waals surface area contributed by atoms with Gasteiger partial charge in [-0.15, -0.1) is 0 Å². The molecule has 0 spiro atoms. The molecule has 0 saturated carbocycles. The van der Waals surface area contributed by atoms with Crippen LogP contribution in [0, 0.1) is 5.82 Å². The predicted molar refractivity (Wildman–Crippen MR) is 98.9 cm³/mol. The largest absolute Gasteiger partial charge is 0.338 e. The zero-order valence-corrected chi connectivity index (χ0v) is 15.1. The highest BCUT2D eigenvalue weighted by Gasteiger charge is 2.15. The summed E-state index contributed by atoms with van der Waals surface area (Å²) in [6, 6.07) is 14.3. The van der Waals surface area contributed by atoms with Crippen LogP contribution in [0.15, 0.2) is 53.7 Å². The molecule has 0 aliphatic carbocycles. The number of aryl methyl sites for hydroxylation is 1. The summed E-state index contributed by atoms with van der Waals surface area (Å²) in [5.41, 5.74) is 2.76. The van der Waals surface area contributed by atoms with Crippen molar-refractivity contribution in [2.75, 3.05) is 12.3 Å². The van der Waals surface area contributed by atoms with Crippen molar-refractivity contribution < 1.29 is 9.18 Å². The zero-order valence-electron chi connectivity index (χ0n) is 14.3. The summed E-state index contributed by atoms with van der Waals surface area (Å²) in [6.45, 7) is 2.92. The number of nitrogens with zero attached hydrogens (tertiary/aromatic N) is 3. The van der Waals surface area contributed by atoms with Gasteiger partial charge in [-0.2, -0.15) is 0 Å². The van der Waals surface area contributed by atoms with Crippen LogP contribution >= 0.6 is 11.8 Å².